The number of carbonyl (C=O) groups excluding carboxylic acids is 1. The van der Waals surface area contributed by atoms with E-state index in [0.29, 0.717) is 28.9 Å². The minimum absolute atomic E-state index is 0.127. The third kappa shape index (κ3) is 2.93. The summed E-state index contributed by atoms with van der Waals surface area (Å²) in [5.41, 5.74) is 2.85. The highest BCUT2D eigenvalue weighted by Crippen LogP contribution is 2.23. The summed E-state index contributed by atoms with van der Waals surface area (Å²) in [5, 5.41) is 0. The average Bonchev–Trinajstić information content (AvgIpc) is 2.89. The van der Waals surface area contributed by atoms with Crippen molar-refractivity contribution in [2.24, 2.45) is 5.84 Å². The van der Waals surface area contributed by atoms with E-state index in [1.807, 2.05) is 0 Å². The minimum Gasteiger partial charge on any atom is -0.377 e. The molecule has 2 atom stereocenters. The van der Waals surface area contributed by atoms with Gasteiger partial charge in [-0.15, -0.1) is 0 Å². The van der Waals surface area contributed by atoms with Crippen molar-refractivity contribution in [1.82, 2.24) is 9.88 Å². The number of amides is 1. The van der Waals surface area contributed by atoms with Crippen LogP contribution < -0.4 is 11.3 Å². The van der Waals surface area contributed by atoms with Gasteiger partial charge in [0, 0.05) is 38.0 Å². The molecular weight excluding hydrogens is 328 g/mol. The van der Waals surface area contributed by atoms with Crippen molar-refractivity contribution in [2.75, 3.05) is 32.7 Å². The van der Waals surface area contributed by atoms with E-state index >= 15 is 0 Å². The van der Waals surface area contributed by atoms with Crippen LogP contribution in [0.5, 0.6) is 0 Å². The number of nitrogen functional groups attached to an aromatic ring is 1. The van der Waals surface area contributed by atoms with E-state index in [4.69, 9.17) is 15.3 Å². The molecule has 1 aliphatic rings. The van der Waals surface area contributed by atoms with Gasteiger partial charge < -0.3 is 19.8 Å². The van der Waals surface area contributed by atoms with Crippen LogP contribution in [0.15, 0.2) is 16.7 Å². The molecule has 8 heteroatoms. The monoisotopic (exact) mass is 344 g/mol. The first kappa shape index (κ1) is 15.2. The van der Waals surface area contributed by atoms with Gasteiger partial charge in [0.1, 0.15) is 12.2 Å². The summed E-state index contributed by atoms with van der Waals surface area (Å²) < 4.78 is 11.4. The van der Waals surface area contributed by atoms with Crippen molar-refractivity contribution in [2.45, 2.75) is 12.2 Å². The van der Waals surface area contributed by atoms with E-state index < -0.39 is 0 Å². The van der Waals surface area contributed by atoms with Crippen LogP contribution in [0.25, 0.3) is 0 Å². The topological polar surface area (TPSA) is 89.7 Å². The zero-order valence-corrected chi connectivity index (χ0v) is 12.9. The normalized spacial score (nSPS) is 22.1. The number of pyridine rings is 1. The smallest absolute Gasteiger partial charge is 0.257 e. The molecule has 0 aliphatic carbocycles. The molecule has 0 saturated carbocycles. The predicted octanol–water partition coefficient (Wildman–Crippen LogP) is 0.616. The van der Waals surface area contributed by atoms with Crippen molar-refractivity contribution < 1.29 is 14.3 Å². The van der Waals surface area contributed by atoms with Crippen molar-refractivity contribution >= 4 is 27.7 Å². The molecular formula is C12H17BrN4O3. The second-order valence-corrected chi connectivity index (χ2v) is 5.37. The van der Waals surface area contributed by atoms with Crippen LogP contribution in [0, 0.1) is 0 Å². The molecule has 7 nitrogen and oxygen atoms in total. The number of methoxy groups -OCH3 is 2. The Morgan fingerprint density at radius 2 is 2.05 bits per heavy atom. The highest BCUT2D eigenvalue weighted by Gasteiger charge is 2.36. The van der Waals surface area contributed by atoms with E-state index in [1.54, 1.807) is 31.4 Å². The Hall–Kier alpha value is -1.22. The number of likely N-dealkylation sites (tertiary alicyclic amines) is 1. The van der Waals surface area contributed by atoms with Gasteiger partial charge in [-0.25, -0.2) is 10.8 Å². The highest BCUT2D eigenvalue weighted by atomic mass is 79.9. The lowest BCUT2D eigenvalue weighted by atomic mass is 10.2. The fourth-order valence-electron chi connectivity index (χ4n) is 2.25. The first-order valence-electron chi connectivity index (χ1n) is 6.07. The van der Waals surface area contributed by atoms with E-state index in [2.05, 4.69) is 26.3 Å². The van der Waals surface area contributed by atoms with Crippen LogP contribution in [0.1, 0.15) is 10.4 Å². The number of nitrogens with one attached hydrogen (secondary N) is 1. The van der Waals surface area contributed by atoms with Gasteiger partial charge in [-0.05, 0) is 22.0 Å². The van der Waals surface area contributed by atoms with Gasteiger partial charge in [0.2, 0.25) is 0 Å². The first-order valence-corrected chi connectivity index (χ1v) is 6.87. The molecule has 1 aromatic heterocycles. The molecule has 2 rings (SSSR count). The molecule has 1 aromatic rings. The lowest BCUT2D eigenvalue weighted by Gasteiger charge is -2.17. The zero-order valence-electron chi connectivity index (χ0n) is 11.3. The highest BCUT2D eigenvalue weighted by molar-refractivity contribution is 9.10. The van der Waals surface area contributed by atoms with Gasteiger partial charge in [0.05, 0.1) is 5.56 Å². The molecule has 2 unspecified atom stereocenters. The fourth-order valence-corrected chi connectivity index (χ4v) is 2.58. The van der Waals surface area contributed by atoms with Gasteiger partial charge >= 0.3 is 0 Å². The largest absolute Gasteiger partial charge is 0.377 e. The number of anilines is 1. The Kier molecular flexibility index (Phi) is 4.92. The Labute approximate surface area is 125 Å². The third-order valence-corrected chi connectivity index (χ3v) is 3.76. The molecule has 2 heterocycles. The maximum Gasteiger partial charge on any atom is 0.257 e. The zero-order chi connectivity index (χ0) is 14.7. The quantitative estimate of drug-likeness (QED) is 0.614. The second kappa shape index (κ2) is 6.49. The SMILES string of the molecule is COC1CN(C(=O)c2cc(Br)cnc2NN)CC1OC. The van der Waals surface area contributed by atoms with Crippen molar-refractivity contribution in [3.05, 3.63) is 22.3 Å². The lowest BCUT2D eigenvalue weighted by Crippen LogP contribution is -2.31. The molecule has 3 N–H and O–H groups in total. The molecule has 20 heavy (non-hydrogen) atoms. The Bertz CT molecular complexity index is 488. The van der Waals surface area contributed by atoms with Crippen molar-refractivity contribution in [1.29, 1.82) is 0 Å². The van der Waals surface area contributed by atoms with Crippen LogP contribution in [0.2, 0.25) is 0 Å². The molecule has 110 valence electrons. The summed E-state index contributed by atoms with van der Waals surface area (Å²) in [6, 6.07) is 1.69. The van der Waals surface area contributed by atoms with Crippen LogP contribution in [0.3, 0.4) is 0 Å². The van der Waals surface area contributed by atoms with E-state index in [-0.39, 0.29) is 18.1 Å². The summed E-state index contributed by atoms with van der Waals surface area (Å²) >= 11 is 3.30. The van der Waals surface area contributed by atoms with Gasteiger partial charge in [-0.2, -0.15) is 0 Å². The number of nitrogens with two attached hydrogens (primary N) is 1. The molecule has 0 radical (unpaired) electrons. The molecule has 1 amide bonds. The number of halogens is 1. The predicted molar refractivity (Wildman–Crippen MR) is 77.2 cm³/mol. The molecule has 1 fully saturated rings. The first-order chi connectivity index (χ1) is 9.60. The summed E-state index contributed by atoms with van der Waals surface area (Å²) in [4.78, 5) is 18.3. The number of aromatic nitrogens is 1. The lowest BCUT2D eigenvalue weighted by molar-refractivity contribution is -0.00461. The molecule has 1 saturated heterocycles. The van der Waals surface area contributed by atoms with E-state index in [0.717, 1.165) is 0 Å². The maximum absolute atomic E-state index is 12.6. The van der Waals surface area contributed by atoms with Crippen LogP contribution >= 0.6 is 15.9 Å². The van der Waals surface area contributed by atoms with Gasteiger partial charge in [0.25, 0.3) is 5.91 Å². The standard InChI is InChI=1S/C12H17BrN4O3/c1-19-9-5-17(6-10(9)20-2)12(18)8-3-7(13)4-15-11(8)16-14/h3-4,9-10H,5-6,14H2,1-2H3,(H,15,16). The Balaban J connectivity index is 2.22. The van der Waals surface area contributed by atoms with Gasteiger partial charge in [-0.1, -0.05) is 0 Å². The summed E-state index contributed by atoms with van der Waals surface area (Å²) in [6.45, 7) is 0.953. The van der Waals surface area contributed by atoms with Crippen LogP contribution in [-0.4, -0.2) is 55.3 Å². The minimum atomic E-state index is -0.159. The second-order valence-electron chi connectivity index (χ2n) is 4.45. The van der Waals surface area contributed by atoms with Crippen LogP contribution in [0.4, 0.5) is 5.82 Å². The molecule has 0 spiro atoms. The molecule has 0 bridgehead atoms. The number of hydrogen-bond acceptors (Lipinski definition) is 6. The average molecular weight is 345 g/mol. The Morgan fingerprint density at radius 3 is 2.55 bits per heavy atom. The van der Waals surface area contributed by atoms with Crippen molar-refractivity contribution in [3.8, 4) is 0 Å². The van der Waals surface area contributed by atoms with Gasteiger partial charge in [0.15, 0.2) is 5.82 Å². The van der Waals surface area contributed by atoms with Crippen LogP contribution in [-0.2, 0) is 9.47 Å². The number of hydrazine groups is 1. The number of ether oxygens (including phenoxy) is 2. The van der Waals surface area contributed by atoms with E-state index in [1.165, 1.54) is 0 Å². The number of hydrogen-bond donors (Lipinski definition) is 2. The third-order valence-electron chi connectivity index (χ3n) is 3.33. The summed E-state index contributed by atoms with van der Waals surface area (Å²) in [6.07, 6.45) is 1.32. The fraction of sp³-hybridized carbons (Fsp3) is 0.500. The number of rotatable bonds is 4. The van der Waals surface area contributed by atoms with Crippen molar-refractivity contribution in [3.63, 3.8) is 0 Å². The Morgan fingerprint density at radius 1 is 1.45 bits per heavy atom. The van der Waals surface area contributed by atoms with Gasteiger partial charge in [-0.3, -0.25) is 4.79 Å². The number of nitrogens with zero attached hydrogens (tertiary/aromatic N) is 2. The van der Waals surface area contributed by atoms with E-state index in [9.17, 15) is 4.79 Å². The molecule has 0 aromatic carbocycles. The number of carbonyl (C=O) groups is 1. The summed E-state index contributed by atoms with van der Waals surface area (Å²) in [5.74, 6) is 5.58. The maximum atomic E-state index is 12.6. The molecule has 1 aliphatic heterocycles. The summed E-state index contributed by atoms with van der Waals surface area (Å²) in [7, 11) is 3.22.